The molecule has 1 aromatic carbocycles. The number of hydrogen-bond donors (Lipinski definition) is 3. The van der Waals surface area contributed by atoms with Crippen LogP contribution in [0.1, 0.15) is 0 Å². The summed E-state index contributed by atoms with van der Waals surface area (Å²) in [5, 5.41) is 7.38. The molecule has 0 fully saturated rings. The summed E-state index contributed by atoms with van der Waals surface area (Å²) in [5.41, 5.74) is 4.48. The molecule has 90 valence electrons. The summed E-state index contributed by atoms with van der Waals surface area (Å²) < 4.78 is 26.1. The third-order valence-electron chi connectivity index (χ3n) is 1.91. The topological polar surface area (TPSA) is 110 Å². The normalized spacial score (nSPS) is 11.1. The van der Waals surface area contributed by atoms with E-state index in [1.165, 1.54) is 17.6 Å². The number of nitrogens with zero attached hydrogens (tertiary/aromatic N) is 2. The molecule has 0 saturated heterocycles. The zero-order valence-corrected chi connectivity index (χ0v) is 10.1. The molecule has 9 heteroatoms. The number of nitrogens with two attached hydrogens (primary N) is 1. The smallest absolute Gasteiger partial charge is 0.263 e. The first-order chi connectivity index (χ1) is 8.12. The Balaban J connectivity index is 2.25. The molecule has 17 heavy (non-hydrogen) atoms. The number of hydrazine groups is 1. The highest BCUT2D eigenvalue weighted by Crippen LogP contribution is 2.18. The lowest BCUT2D eigenvalue weighted by atomic mass is 10.3. The van der Waals surface area contributed by atoms with Gasteiger partial charge in [0.15, 0.2) is 0 Å². The SMILES string of the molecule is NNc1ccc(S(=O)(=O)Nc2nncs2)cc1. The van der Waals surface area contributed by atoms with Crippen molar-refractivity contribution in [2.75, 3.05) is 10.1 Å². The van der Waals surface area contributed by atoms with Crippen LogP contribution in [0, 0.1) is 0 Å². The number of anilines is 2. The van der Waals surface area contributed by atoms with Gasteiger partial charge in [-0.05, 0) is 24.3 Å². The second-order valence-corrected chi connectivity index (χ2v) is 5.53. The minimum atomic E-state index is -3.62. The fourth-order valence-electron chi connectivity index (χ4n) is 1.12. The van der Waals surface area contributed by atoms with Gasteiger partial charge < -0.3 is 5.43 Å². The largest absolute Gasteiger partial charge is 0.324 e. The molecule has 1 heterocycles. The highest BCUT2D eigenvalue weighted by molar-refractivity contribution is 7.93. The Morgan fingerprint density at radius 1 is 1.24 bits per heavy atom. The Morgan fingerprint density at radius 3 is 2.47 bits per heavy atom. The minimum Gasteiger partial charge on any atom is -0.324 e. The van der Waals surface area contributed by atoms with Crippen LogP contribution in [0.2, 0.25) is 0 Å². The van der Waals surface area contributed by atoms with Crippen LogP contribution in [-0.4, -0.2) is 18.6 Å². The predicted molar refractivity (Wildman–Crippen MR) is 65.0 cm³/mol. The maximum absolute atomic E-state index is 11.9. The van der Waals surface area contributed by atoms with Crippen LogP contribution in [0.3, 0.4) is 0 Å². The molecule has 1 aromatic heterocycles. The molecule has 0 bridgehead atoms. The van der Waals surface area contributed by atoms with Crippen LogP contribution < -0.4 is 16.0 Å². The summed E-state index contributed by atoms with van der Waals surface area (Å²) in [5.74, 6) is 5.19. The average molecular weight is 271 g/mol. The molecule has 0 saturated carbocycles. The first-order valence-electron chi connectivity index (χ1n) is 4.47. The summed E-state index contributed by atoms with van der Waals surface area (Å²) in [6.07, 6.45) is 0. The molecular weight excluding hydrogens is 262 g/mol. The van der Waals surface area contributed by atoms with E-state index in [0.717, 1.165) is 11.3 Å². The quantitative estimate of drug-likeness (QED) is 0.555. The number of hydrogen-bond acceptors (Lipinski definition) is 7. The summed E-state index contributed by atoms with van der Waals surface area (Å²) in [6.45, 7) is 0. The molecule has 0 aliphatic heterocycles. The Labute approximate surface area is 102 Å². The maximum Gasteiger partial charge on any atom is 0.263 e. The van der Waals surface area contributed by atoms with Gasteiger partial charge in [0.05, 0.1) is 4.90 Å². The van der Waals surface area contributed by atoms with Crippen molar-refractivity contribution in [3.05, 3.63) is 29.8 Å². The van der Waals surface area contributed by atoms with Crippen molar-refractivity contribution < 1.29 is 8.42 Å². The second-order valence-electron chi connectivity index (χ2n) is 3.02. The van der Waals surface area contributed by atoms with Gasteiger partial charge in [-0.1, -0.05) is 11.3 Å². The van der Waals surface area contributed by atoms with Gasteiger partial charge in [-0.15, -0.1) is 10.2 Å². The van der Waals surface area contributed by atoms with Crippen LogP contribution in [0.15, 0.2) is 34.7 Å². The van der Waals surface area contributed by atoms with Crippen molar-refractivity contribution in [2.45, 2.75) is 4.90 Å². The molecule has 0 spiro atoms. The first kappa shape index (κ1) is 11.8. The Kier molecular flexibility index (Phi) is 3.22. The van der Waals surface area contributed by atoms with Gasteiger partial charge in [0.2, 0.25) is 5.13 Å². The van der Waals surface area contributed by atoms with Gasteiger partial charge in [-0.25, -0.2) is 8.42 Å². The number of rotatable bonds is 4. The minimum absolute atomic E-state index is 0.131. The average Bonchev–Trinajstić information content (AvgIpc) is 2.81. The Morgan fingerprint density at radius 2 is 1.94 bits per heavy atom. The van der Waals surface area contributed by atoms with E-state index in [-0.39, 0.29) is 10.0 Å². The van der Waals surface area contributed by atoms with E-state index in [1.54, 1.807) is 12.1 Å². The maximum atomic E-state index is 11.9. The standard InChI is InChI=1S/C8H9N5O2S2/c9-11-6-1-3-7(4-2-6)17(14,15)13-8-12-10-5-16-8/h1-5,11H,9H2,(H,12,13). The van der Waals surface area contributed by atoms with Gasteiger partial charge in [-0.3, -0.25) is 10.6 Å². The highest BCUT2D eigenvalue weighted by atomic mass is 32.2. The summed E-state index contributed by atoms with van der Waals surface area (Å²) in [6, 6.07) is 6.01. The zero-order chi connectivity index (χ0) is 12.3. The summed E-state index contributed by atoms with van der Waals surface area (Å²) in [7, 11) is -3.62. The first-order valence-corrected chi connectivity index (χ1v) is 6.84. The number of aromatic nitrogens is 2. The Bertz CT molecular complexity index is 579. The molecular formula is C8H9N5O2S2. The number of nitrogens with one attached hydrogen (secondary N) is 2. The highest BCUT2D eigenvalue weighted by Gasteiger charge is 2.15. The van der Waals surface area contributed by atoms with Gasteiger partial charge in [0, 0.05) is 5.69 Å². The zero-order valence-electron chi connectivity index (χ0n) is 8.49. The molecule has 4 N–H and O–H groups in total. The van der Waals surface area contributed by atoms with Crippen LogP contribution in [0.25, 0.3) is 0 Å². The lowest BCUT2D eigenvalue weighted by Crippen LogP contribution is -2.13. The predicted octanol–water partition coefficient (Wildman–Crippen LogP) is 0.625. The third-order valence-corrected chi connectivity index (χ3v) is 4.00. The van der Waals surface area contributed by atoms with Crippen molar-refractivity contribution in [1.29, 1.82) is 0 Å². The molecule has 0 unspecified atom stereocenters. The summed E-state index contributed by atoms with van der Waals surface area (Å²) >= 11 is 1.11. The van der Waals surface area contributed by atoms with E-state index >= 15 is 0 Å². The van der Waals surface area contributed by atoms with E-state index < -0.39 is 10.0 Å². The van der Waals surface area contributed by atoms with Crippen LogP contribution in [-0.2, 0) is 10.0 Å². The van der Waals surface area contributed by atoms with Crippen LogP contribution >= 0.6 is 11.3 Å². The third kappa shape index (κ3) is 2.70. The lowest BCUT2D eigenvalue weighted by molar-refractivity contribution is 0.601. The molecule has 2 aromatic rings. The molecule has 0 atom stereocenters. The van der Waals surface area contributed by atoms with E-state index in [1.807, 2.05) is 0 Å². The monoisotopic (exact) mass is 271 g/mol. The van der Waals surface area contributed by atoms with Gasteiger partial charge in [0.25, 0.3) is 10.0 Å². The number of benzene rings is 1. The number of nitrogen functional groups attached to an aromatic ring is 1. The van der Waals surface area contributed by atoms with E-state index in [4.69, 9.17) is 5.84 Å². The van der Waals surface area contributed by atoms with Crippen molar-refractivity contribution >= 4 is 32.2 Å². The Hall–Kier alpha value is -1.71. The van der Waals surface area contributed by atoms with E-state index in [9.17, 15) is 8.42 Å². The van der Waals surface area contributed by atoms with E-state index in [2.05, 4.69) is 20.3 Å². The van der Waals surface area contributed by atoms with Gasteiger partial charge >= 0.3 is 0 Å². The van der Waals surface area contributed by atoms with Crippen molar-refractivity contribution in [3.63, 3.8) is 0 Å². The van der Waals surface area contributed by atoms with Gasteiger partial charge in [-0.2, -0.15) is 0 Å². The molecule has 2 rings (SSSR count). The fraction of sp³-hybridized carbons (Fsp3) is 0. The van der Waals surface area contributed by atoms with Crippen molar-refractivity contribution in [3.8, 4) is 0 Å². The van der Waals surface area contributed by atoms with Crippen molar-refractivity contribution in [1.82, 2.24) is 10.2 Å². The number of sulfonamides is 1. The second kappa shape index (κ2) is 4.65. The lowest BCUT2D eigenvalue weighted by Gasteiger charge is -2.05. The van der Waals surface area contributed by atoms with Crippen molar-refractivity contribution in [2.24, 2.45) is 5.84 Å². The molecule has 0 amide bonds. The molecule has 7 nitrogen and oxygen atoms in total. The molecule has 0 radical (unpaired) electrons. The van der Waals surface area contributed by atoms with E-state index in [0.29, 0.717) is 5.69 Å². The van der Waals surface area contributed by atoms with Crippen LogP contribution in [0.5, 0.6) is 0 Å². The van der Waals surface area contributed by atoms with Crippen LogP contribution in [0.4, 0.5) is 10.8 Å². The fourth-order valence-corrected chi connectivity index (χ4v) is 2.81. The molecule has 0 aliphatic rings. The summed E-state index contributed by atoms with van der Waals surface area (Å²) in [4.78, 5) is 0.131. The van der Waals surface area contributed by atoms with Gasteiger partial charge in [0.1, 0.15) is 5.51 Å². The molecule has 0 aliphatic carbocycles.